The first kappa shape index (κ1) is 19.9. The van der Waals surface area contributed by atoms with E-state index in [4.69, 9.17) is 9.97 Å². The largest absolute Gasteiger partial charge is 0.370 e. The van der Waals surface area contributed by atoms with Crippen LogP contribution in [0.5, 0.6) is 0 Å². The Hall–Kier alpha value is -2.40. The Morgan fingerprint density at radius 3 is 2.55 bits per heavy atom. The van der Waals surface area contributed by atoms with Crippen LogP contribution in [-0.4, -0.2) is 54.1 Å². The molecule has 5 nitrogen and oxygen atoms in total. The minimum atomic E-state index is 0.806. The molecule has 2 aliphatic rings. The predicted molar refractivity (Wildman–Crippen MR) is 121 cm³/mol. The molecule has 1 saturated heterocycles. The van der Waals surface area contributed by atoms with Gasteiger partial charge in [-0.3, -0.25) is 0 Å². The Kier molecular flexibility index (Phi) is 6.78. The summed E-state index contributed by atoms with van der Waals surface area (Å²) >= 11 is 0. The highest BCUT2D eigenvalue weighted by molar-refractivity contribution is 5.61. The molecule has 2 aromatic rings. The van der Waals surface area contributed by atoms with Gasteiger partial charge in [-0.25, -0.2) is 9.97 Å². The van der Waals surface area contributed by atoms with Crippen molar-refractivity contribution in [2.75, 3.05) is 49.5 Å². The highest BCUT2D eigenvalue weighted by atomic mass is 15.3. The standard InChI is InChI=1S/C24H33N5/c1-2-28-15-17-29(18-16-28)23-19-22(25-14-13-20-9-5-3-6-10-20)26-24(27-23)21-11-7-4-8-12-21/h4,7-9,11-12,19H,2-3,5-6,10,13-18H2,1H3,(H,25,26,27). The Balaban J connectivity index is 1.51. The van der Waals surface area contributed by atoms with Crippen molar-refractivity contribution in [2.45, 2.75) is 39.0 Å². The van der Waals surface area contributed by atoms with Crippen molar-refractivity contribution in [3.8, 4) is 11.4 Å². The van der Waals surface area contributed by atoms with Gasteiger partial charge < -0.3 is 15.1 Å². The van der Waals surface area contributed by atoms with Crippen molar-refractivity contribution in [3.05, 3.63) is 48.0 Å². The van der Waals surface area contributed by atoms with Gasteiger partial charge in [0.05, 0.1) is 0 Å². The summed E-state index contributed by atoms with van der Waals surface area (Å²) in [5.41, 5.74) is 2.66. The van der Waals surface area contributed by atoms with Crippen LogP contribution in [0.1, 0.15) is 39.0 Å². The normalized spacial score (nSPS) is 17.8. The second-order valence-electron chi connectivity index (χ2n) is 8.01. The van der Waals surface area contributed by atoms with E-state index >= 15 is 0 Å². The van der Waals surface area contributed by atoms with Crippen molar-refractivity contribution in [2.24, 2.45) is 0 Å². The number of hydrogen-bond acceptors (Lipinski definition) is 5. The zero-order chi connectivity index (χ0) is 19.9. The van der Waals surface area contributed by atoms with E-state index in [0.717, 1.165) is 68.7 Å². The molecule has 0 radical (unpaired) electrons. The number of allylic oxidation sites excluding steroid dienone is 1. The van der Waals surface area contributed by atoms with Gasteiger partial charge in [0, 0.05) is 44.4 Å². The van der Waals surface area contributed by atoms with Crippen molar-refractivity contribution in [3.63, 3.8) is 0 Å². The number of piperazine rings is 1. The summed E-state index contributed by atoms with van der Waals surface area (Å²) in [6.07, 6.45) is 8.72. The van der Waals surface area contributed by atoms with Gasteiger partial charge in [-0.15, -0.1) is 0 Å². The minimum Gasteiger partial charge on any atom is -0.370 e. The number of rotatable bonds is 7. The van der Waals surface area contributed by atoms with Gasteiger partial charge in [-0.05, 0) is 38.6 Å². The molecular formula is C24H33N5. The van der Waals surface area contributed by atoms with Gasteiger partial charge in [0.25, 0.3) is 0 Å². The first-order valence-electron chi connectivity index (χ1n) is 11.2. The van der Waals surface area contributed by atoms with E-state index in [1.807, 2.05) is 18.2 Å². The quantitative estimate of drug-likeness (QED) is 0.700. The Bertz CT molecular complexity index is 809. The second kappa shape index (κ2) is 9.88. The molecule has 1 N–H and O–H groups in total. The summed E-state index contributed by atoms with van der Waals surface area (Å²) < 4.78 is 0. The zero-order valence-electron chi connectivity index (χ0n) is 17.6. The maximum Gasteiger partial charge on any atom is 0.163 e. The fraction of sp³-hybridized carbons (Fsp3) is 0.500. The van der Waals surface area contributed by atoms with E-state index in [9.17, 15) is 0 Å². The lowest BCUT2D eigenvalue weighted by Crippen LogP contribution is -2.46. The van der Waals surface area contributed by atoms with Crippen LogP contribution in [0.15, 0.2) is 48.0 Å². The minimum absolute atomic E-state index is 0.806. The van der Waals surface area contributed by atoms with E-state index in [1.165, 1.54) is 25.7 Å². The molecule has 0 atom stereocenters. The highest BCUT2D eigenvalue weighted by Gasteiger charge is 2.18. The number of anilines is 2. The van der Waals surface area contributed by atoms with Gasteiger partial charge in [0.2, 0.25) is 0 Å². The smallest absolute Gasteiger partial charge is 0.163 e. The first-order valence-corrected chi connectivity index (χ1v) is 11.2. The van der Waals surface area contributed by atoms with E-state index in [-0.39, 0.29) is 0 Å². The fourth-order valence-corrected chi connectivity index (χ4v) is 4.18. The molecule has 0 spiro atoms. The Morgan fingerprint density at radius 2 is 1.83 bits per heavy atom. The molecule has 154 valence electrons. The molecule has 0 bridgehead atoms. The Morgan fingerprint density at radius 1 is 1.00 bits per heavy atom. The second-order valence-corrected chi connectivity index (χ2v) is 8.01. The summed E-state index contributed by atoms with van der Waals surface area (Å²) in [5.74, 6) is 2.78. The summed E-state index contributed by atoms with van der Waals surface area (Å²) in [4.78, 5) is 14.6. The van der Waals surface area contributed by atoms with Crippen LogP contribution in [0.2, 0.25) is 0 Å². The average molecular weight is 392 g/mol. The molecule has 5 heteroatoms. The monoisotopic (exact) mass is 391 g/mol. The van der Waals surface area contributed by atoms with Crippen LogP contribution in [-0.2, 0) is 0 Å². The van der Waals surface area contributed by atoms with E-state index in [2.05, 4.69) is 46.3 Å². The van der Waals surface area contributed by atoms with Crippen molar-refractivity contribution in [1.29, 1.82) is 0 Å². The predicted octanol–water partition coefficient (Wildman–Crippen LogP) is 4.59. The topological polar surface area (TPSA) is 44.3 Å². The third-order valence-electron chi connectivity index (χ3n) is 6.03. The maximum atomic E-state index is 4.92. The molecule has 1 aliphatic carbocycles. The van der Waals surface area contributed by atoms with Crippen molar-refractivity contribution in [1.82, 2.24) is 14.9 Å². The maximum absolute atomic E-state index is 4.92. The van der Waals surface area contributed by atoms with Crippen molar-refractivity contribution >= 4 is 11.6 Å². The molecule has 0 saturated carbocycles. The number of hydrogen-bond donors (Lipinski definition) is 1. The third kappa shape index (κ3) is 5.36. The summed E-state index contributed by atoms with van der Waals surface area (Å²) in [5, 5.41) is 3.57. The number of nitrogens with one attached hydrogen (secondary N) is 1. The van der Waals surface area contributed by atoms with E-state index in [0.29, 0.717) is 0 Å². The van der Waals surface area contributed by atoms with Crippen LogP contribution in [0.25, 0.3) is 11.4 Å². The summed E-state index contributed by atoms with van der Waals surface area (Å²) in [7, 11) is 0. The Labute approximate surface area is 174 Å². The van der Waals surface area contributed by atoms with Crippen LogP contribution in [0.4, 0.5) is 11.6 Å². The summed E-state index contributed by atoms with van der Waals surface area (Å²) in [6.45, 7) is 8.51. The van der Waals surface area contributed by atoms with Gasteiger partial charge in [-0.1, -0.05) is 48.9 Å². The van der Waals surface area contributed by atoms with Crippen LogP contribution in [0.3, 0.4) is 0 Å². The average Bonchev–Trinajstić information content (AvgIpc) is 2.80. The SMILES string of the molecule is CCN1CCN(c2cc(NCCC3=CCCCC3)nc(-c3ccccc3)n2)CC1. The number of benzene rings is 1. The molecule has 4 rings (SSSR count). The fourth-order valence-electron chi connectivity index (χ4n) is 4.18. The highest BCUT2D eigenvalue weighted by Crippen LogP contribution is 2.24. The van der Waals surface area contributed by atoms with Gasteiger partial charge >= 0.3 is 0 Å². The van der Waals surface area contributed by atoms with Crippen LogP contribution in [0, 0.1) is 0 Å². The van der Waals surface area contributed by atoms with Gasteiger partial charge in [0.15, 0.2) is 5.82 Å². The van der Waals surface area contributed by atoms with Gasteiger partial charge in [-0.2, -0.15) is 0 Å². The molecular weight excluding hydrogens is 358 g/mol. The summed E-state index contributed by atoms with van der Waals surface area (Å²) in [6, 6.07) is 12.4. The molecule has 1 aromatic carbocycles. The number of nitrogens with zero attached hydrogens (tertiary/aromatic N) is 4. The molecule has 0 amide bonds. The molecule has 2 heterocycles. The lowest BCUT2D eigenvalue weighted by Gasteiger charge is -2.35. The van der Waals surface area contributed by atoms with Crippen molar-refractivity contribution < 1.29 is 0 Å². The van der Waals surface area contributed by atoms with Crippen LogP contribution < -0.4 is 10.2 Å². The molecule has 1 aromatic heterocycles. The van der Waals surface area contributed by atoms with Gasteiger partial charge in [0.1, 0.15) is 11.6 Å². The van der Waals surface area contributed by atoms with E-state index in [1.54, 1.807) is 5.57 Å². The molecule has 1 fully saturated rings. The lowest BCUT2D eigenvalue weighted by molar-refractivity contribution is 0.270. The van der Waals surface area contributed by atoms with E-state index < -0.39 is 0 Å². The van der Waals surface area contributed by atoms with Crippen LogP contribution >= 0.6 is 0 Å². The third-order valence-corrected chi connectivity index (χ3v) is 6.03. The zero-order valence-corrected chi connectivity index (χ0v) is 17.6. The lowest BCUT2D eigenvalue weighted by atomic mass is 9.97. The number of likely N-dealkylation sites (N-methyl/N-ethyl adjacent to an activating group) is 1. The first-order chi connectivity index (χ1) is 14.3. The number of aromatic nitrogens is 2. The molecule has 29 heavy (non-hydrogen) atoms. The molecule has 0 unspecified atom stereocenters. The molecule has 1 aliphatic heterocycles.